The molecule has 1 fully saturated rings. The maximum atomic E-state index is 12.5. The summed E-state index contributed by atoms with van der Waals surface area (Å²) in [5.41, 5.74) is 3.53. The Balaban J connectivity index is 0.000000181. The Morgan fingerprint density at radius 3 is 2.54 bits per heavy atom. The van der Waals surface area contributed by atoms with Crippen molar-refractivity contribution in [1.29, 1.82) is 0 Å². The normalized spacial score (nSPS) is 21.4. The number of aromatic nitrogens is 2. The number of nitrogens with one attached hydrogen (secondary N) is 2. The second-order valence-corrected chi connectivity index (χ2v) is 12.1. The molecule has 10 nitrogen and oxygen atoms in total. The lowest BCUT2D eigenvalue weighted by Crippen LogP contribution is -2.48. The van der Waals surface area contributed by atoms with Crippen LogP contribution in [0.2, 0.25) is 0 Å². The van der Waals surface area contributed by atoms with E-state index in [9.17, 15) is 18.0 Å². The Morgan fingerprint density at radius 2 is 1.85 bits per heavy atom. The zero-order valence-electron chi connectivity index (χ0n) is 22.9. The topological polar surface area (TPSA) is 117 Å². The molecule has 212 valence electrons. The molecule has 2 amide bonds. The molecule has 1 aromatic carbocycles. The number of carbonyl (C=O) groups excluding carboxylic acids is 2. The van der Waals surface area contributed by atoms with Gasteiger partial charge in [0.2, 0.25) is 12.3 Å². The second-order valence-electron chi connectivity index (χ2n) is 10.3. The number of hydrogen-bond donors (Lipinski definition) is 2. The average Bonchev–Trinajstić information content (AvgIpc) is 3.37. The largest absolute Gasteiger partial charge is 0.352 e. The second kappa shape index (κ2) is 13.3. The third-order valence-electron chi connectivity index (χ3n) is 7.65. The maximum absolute atomic E-state index is 12.5. The first kappa shape index (κ1) is 28.8. The summed E-state index contributed by atoms with van der Waals surface area (Å²) >= 11 is 0. The average molecular weight is 557 g/mol. The molecular weight excluding hydrogens is 516 g/mol. The monoisotopic (exact) mass is 556 g/mol. The van der Waals surface area contributed by atoms with Gasteiger partial charge in [0.15, 0.2) is 0 Å². The van der Waals surface area contributed by atoms with Gasteiger partial charge in [-0.15, -0.1) is 0 Å². The number of sulfonamides is 1. The first-order valence-electron chi connectivity index (χ1n) is 13.9. The Hall–Kier alpha value is -3.18. The van der Waals surface area contributed by atoms with Crippen LogP contribution in [0, 0.1) is 6.92 Å². The highest BCUT2D eigenvalue weighted by molar-refractivity contribution is 7.89. The van der Waals surface area contributed by atoms with Crippen molar-refractivity contribution in [2.24, 2.45) is 0 Å². The van der Waals surface area contributed by atoms with E-state index >= 15 is 0 Å². The van der Waals surface area contributed by atoms with Crippen LogP contribution in [0.1, 0.15) is 68.3 Å². The summed E-state index contributed by atoms with van der Waals surface area (Å²) in [5.74, 6) is -0.305. The number of hydrogen-bond acceptors (Lipinski definition) is 6. The molecule has 3 heterocycles. The highest BCUT2D eigenvalue weighted by atomic mass is 32.2. The molecule has 0 spiro atoms. The fraction of sp³-hybridized carbons (Fsp3) is 0.536. The molecule has 3 aliphatic rings. The molecule has 5 rings (SSSR count). The zero-order valence-corrected chi connectivity index (χ0v) is 23.7. The van der Waals surface area contributed by atoms with Gasteiger partial charge in [0, 0.05) is 30.2 Å². The Bertz CT molecular complexity index is 1250. The van der Waals surface area contributed by atoms with Gasteiger partial charge in [-0.05, 0) is 70.7 Å². The van der Waals surface area contributed by atoms with Crippen molar-refractivity contribution in [2.75, 3.05) is 19.6 Å². The highest BCUT2D eigenvalue weighted by Gasteiger charge is 2.34. The smallest absolute Gasteiger partial charge is 0.264 e. The number of benzene rings is 1. The van der Waals surface area contributed by atoms with Crippen LogP contribution < -0.4 is 10.6 Å². The summed E-state index contributed by atoms with van der Waals surface area (Å²) in [6.07, 6.45) is 13.2. The number of nitrogens with zero attached hydrogens (tertiary/aromatic N) is 4. The van der Waals surface area contributed by atoms with Crippen LogP contribution in [0.3, 0.4) is 0 Å². The van der Waals surface area contributed by atoms with Crippen molar-refractivity contribution in [1.82, 2.24) is 29.6 Å². The van der Waals surface area contributed by atoms with Crippen molar-refractivity contribution >= 4 is 22.3 Å². The third kappa shape index (κ3) is 6.88. The lowest BCUT2D eigenvalue weighted by molar-refractivity contribution is -0.124. The molecule has 1 saturated heterocycles. The predicted molar refractivity (Wildman–Crippen MR) is 149 cm³/mol. The molecule has 1 aliphatic carbocycles. The molecule has 0 saturated carbocycles. The standard InChI is InChI=1S/C15H24N4O.C13H16N2O3S/c20-12-16-14-5-4-6-15-13(14)11-17-19(15)10-9-18-7-2-1-3-8-18;1-3-12-13(16)14-8-9-15(12)19(17,18)11-6-4-10(2)5-7-11/h11-12,14H,1-10H2,(H,16,20);4-9,12H,3H2,1-2H3,(H,14,16)/t;12-/m.1/s1. The Labute approximate surface area is 231 Å². The zero-order chi connectivity index (χ0) is 27.8. The number of aryl methyl sites for hydroxylation is 1. The lowest BCUT2D eigenvalue weighted by atomic mass is 9.93. The minimum absolute atomic E-state index is 0.167. The Kier molecular flexibility index (Phi) is 9.79. The molecule has 1 unspecified atom stereocenters. The Morgan fingerprint density at radius 1 is 1.10 bits per heavy atom. The van der Waals surface area contributed by atoms with E-state index in [1.165, 1.54) is 56.0 Å². The molecular formula is C28H40N6O4S. The van der Waals surface area contributed by atoms with Crippen molar-refractivity contribution in [3.8, 4) is 0 Å². The number of amides is 2. The highest BCUT2D eigenvalue weighted by Crippen LogP contribution is 2.29. The molecule has 2 atom stereocenters. The van der Waals surface area contributed by atoms with E-state index in [0.29, 0.717) is 6.42 Å². The number of fused-ring (bicyclic) bond motifs is 1. The number of piperidine rings is 1. The van der Waals surface area contributed by atoms with E-state index in [-0.39, 0.29) is 16.8 Å². The van der Waals surface area contributed by atoms with E-state index in [0.717, 1.165) is 48.6 Å². The molecule has 11 heteroatoms. The van der Waals surface area contributed by atoms with Gasteiger partial charge in [-0.3, -0.25) is 18.6 Å². The molecule has 2 aromatic rings. The van der Waals surface area contributed by atoms with Crippen molar-refractivity contribution in [2.45, 2.75) is 82.3 Å². The fourth-order valence-electron chi connectivity index (χ4n) is 5.44. The van der Waals surface area contributed by atoms with Crippen molar-refractivity contribution in [3.05, 3.63) is 59.7 Å². The van der Waals surface area contributed by atoms with E-state index in [1.54, 1.807) is 31.2 Å². The fourth-order valence-corrected chi connectivity index (χ4v) is 6.96. The van der Waals surface area contributed by atoms with Crippen LogP contribution in [-0.2, 0) is 32.6 Å². The minimum atomic E-state index is -3.69. The van der Waals surface area contributed by atoms with Crippen LogP contribution in [0.25, 0.3) is 0 Å². The van der Waals surface area contributed by atoms with Gasteiger partial charge in [0.25, 0.3) is 10.0 Å². The lowest BCUT2D eigenvalue weighted by Gasteiger charge is -2.30. The van der Waals surface area contributed by atoms with Gasteiger partial charge in [-0.1, -0.05) is 31.0 Å². The quantitative estimate of drug-likeness (QED) is 0.483. The van der Waals surface area contributed by atoms with Crippen molar-refractivity contribution in [3.63, 3.8) is 0 Å². The first-order valence-corrected chi connectivity index (χ1v) is 15.3. The first-order chi connectivity index (χ1) is 18.8. The third-order valence-corrected chi connectivity index (χ3v) is 9.45. The van der Waals surface area contributed by atoms with Gasteiger partial charge in [-0.25, -0.2) is 8.42 Å². The van der Waals surface area contributed by atoms with E-state index in [1.807, 2.05) is 13.1 Å². The predicted octanol–water partition coefficient (Wildman–Crippen LogP) is 2.86. The summed E-state index contributed by atoms with van der Waals surface area (Å²) in [7, 11) is -3.69. The van der Waals surface area contributed by atoms with Crippen LogP contribution >= 0.6 is 0 Å². The van der Waals surface area contributed by atoms with Crippen LogP contribution in [0.5, 0.6) is 0 Å². The summed E-state index contributed by atoms with van der Waals surface area (Å²) in [4.78, 5) is 25.1. The molecule has 0 radical (unpaired) electrons. The number of rotatable bonds is 8. The van der Waals surface area contributed by atoms with Gasteiger partial charge in [0.1, 0.15) is 6.04 Å². The molecule has 0 bridgehead atoms. The van der Waals surface area contributed by atoms with E-state index in [2.05, 4.69) is 25.3 Å². The van der Waals surface area contributed by atoms with Gasteiger partial charge < -0.3 is 15.5 Å². The summed E-state index contributed by atoms with van der Waals surface area (Å²) < 4.78 is 28.3. The number of likely N-dealkylation sites (tertiary alicyclic amines) is 1. The van der Waals surface area contributed by atoms with Crippen LogP contribution in [0.4, 0.5) is 0 Å². The maximum Gasteiger partial charge on any atom is 0.264 e. The summed E-state index contributed by atoms with van der Waals surface area (Å²) in [6, 6.07) is 6.05. The summed E-state index contributed by atoms with van der Waals surface area (Å²) in [6.45, 7) is 8.21. The molecule has 2 N–H and O–H groups in total. The van der Waals surface area contributed by atoms with E-state index in [4.69, 9.17) is 0 Å². The minimum Gasteiger partial charge on any atom is -0.352 e. The van der Waals surface area contributed by atoms with Crippen LogP contribution in [0.15, 0.2) is 47.8 Å². The summed E-state index contributed by atoms with van der Waals surface area (Å²) in [5, 5.41) is 9.98. The van der Waals surface area contributed by atoms with Crippen LogP contribution in [-0.4, -0.2) is 65.4 Å². The molecule has 1 aromatic heterocycles. The molecule has 39 heavy (non-hydrogen) atoms. The molecule has 2 aliphatic heterocycles. The van der Waals surface area contributed by atoms with Gasteiger partial charge >= 0.3 is 0 Å². The van der Waals surface area contributed by atoms with E-state index < -0.39 is 16.1 Å². The SMILES string of the molecule is CC[C@@H]1C(=O)NC=CN1S(=O)(=O)c1ccc(C)cc1.O=CNC1CCCc2c1cnn2CCN1CCCCC1. The van der Waals surface area contributed by atoms with Gasteiger partial charge in [-0.2, -0.15) is 5.10 Å². The number of carbonyl (C=O) groups is 2. The van der Waals surface area contributed by atoms with Gasteiger partial charge in [0.05, 0.1) is 23.7 Å². The van der Waals surface area contributed by atoms with Crippen molar-refractivity contribution < 1.29 is 18.0 Å².